The lowest BCUT2D eigenvalue weighted by atomic mass is 9.82. The van der Waals surface area contributed by atoms with E-state index in [1.165, 1.54) is 6.42 Å². The van der Waals surface area contributed by atoms with Gasteiger partial charge in [0.15, 0.2) is 14.1 Å². The number of fused-ring (bicyclic) bond motifs is 1. The van der Waals surface area contributed by atoms with Crippen LogP contribution in [0.3, 0.4) is 0 Å². The van der Waals surface area contributed by atoms with E-state index in [9.17, 15) is 5.11 Å². The molecule has 0 radical (unpaired) electrons. The third-order valence-electron chi connectivity index (χ3n) is 6.82. The summed E-state index contributed by atoms with van der Waals surface area (Å²) in [7, 11) is -2.96. The standard InChI is InChI=1S/C19H40O3Si2/c1-18(2,3)24(7,8)21-13-11-15-14-16-17(23(4,5)6)10-9-12-19(16,20)22-15/h15-17,20H,9-14H2,1-8H3/t15?,16-,17+,19?/m1/s1. The molecule has 2 aliphatic rings. The van der Waals surface area contributed by atoms with Crippen LogP contribution in [0.1, 0.15) is 52.9 Å². The van der Waals surface area contributed by atoms with E-state index in [1.54, 1.807) is 0 Å². The van der Waals surface area contributed by atoms with Gasteiger partial charge in [-0.05, 0) is 42.9 Å². The number of hydrogen-bond acceptors (Lipinski definition) is 3. The van der Waals surface area contributed by atoms with Gasteiger partial charge in [-0.2, -0.15) is 0 Å². The number of hydrogen-bond donors (Lipinski definition) is 1. The van der Waals surface area contributed by atoms with Gasteiger partial charge in [0.05, 0.1) is 6.10 Å². The Labute approximate surface area is 151 Å². The van der Waals surface area contributed by atoms with Crippen molar-refractivity contribution in [3.05, 3.63) is 0 Å². The third-order valence-corrected chi connectivity index (χ3v) is 14.3. The Hall–Kier alpha value is 0.314. The minimum Gasteiger partial charge on any atom is -0.417 e. The van der Waals surface area contributed by atoms with Gasteiger partial charge in [0.1, 0.15) is 0 Å². The fourth-order valence-electron chi connectivity index (χ4n) is 4.27. The third kappa shape index (κ3) is 4.34. The van der Waals surface area contributed by atoms with Gasteiger partial charge in [0.25, 0.3) is 0 Å². The first-order valence-electron chi connectivity index (χ1n) is 9.80. The molecule has 24 heavy (non-hydrogen) atoms. The van der Waals surface area contributed by atoms with Crippen LogP contribution in [-0.4, -0.2) is 40.0 Å². The van der Waals surface area contributed by atoms with Crippen LogP contribution in [0.15, 0.2) is 0 Å². The van der Waals surface area contributed by atoms with Crippen molar-refractivity contribution in [3.8, 4) is 0 Å². The highest BCUT2D eigenvalue weighted by Crippen LogP contribution is 2.53. The van der Waals surface area contributed by atoms with Gasteiger partial charge in [-0.3, -0.25) is 0 Å². The fraction of sp³-hybridized carbons (Fsp3) is 1.00. The van der Waals surface area contributed by atoms with Crippen molar-refractivity contribution in [2.45, 2.75) is 108 Å². The molecule has 1 saturated carbocycles. The van der Waals surface area contributed by atoms with Crippen LogP contribution >= 0.6 is 0 Å². The average Bonchev–Trinajstić information content (AvgIpc) is 2.71. The lowest BCUT2D eigenvalue weighted by molar-refractivity contribution is -0.226. The molecule has 2 fully saturated rings. The number of rotatable bonds is 5. The molecule has 0 aromatic heterocycles. The molecule has 0 aromatic carbocycles. The van der Waals surface area contributed by atoms with Crippen LogP contribution in [0.4, 0.5) is 0 Å². The normalized spacial score (nSPS) is 35.1. The summed E-state index contributed by atoms with van der Waals surface area (Å²) in [6, 6.07) is 0. The van der Waals surface area contributed by atoms with Gasteiger partial charge in [-0.15, -0.1) is 0 Å². The van der Waals surface area contributed by atoms with Crippen molar-refractivity contribution in [1.82, 2.24) is 0 Å². The molecule has 1 saturated heterocycles. The Balaban J connectivity index is 1.94. The monoisotopic (exact) mass is 372 g/mol. The summed E-state index contributed by atoms with van der Waals surface area (Å²) >= 11 is 0. The van der Waals surface area contributed by atoms with Gasteiger partial charge in [-0.1, -0.05) is 46.8 Å². The van der Waals surface area contributed by atoms with Crippen molar-refractivity contribution in [1.29, 1.82) is 0 Å². The minimum atomic E-state index is -1.69. The summed E-state index contributed by atoms with van der Waals surface area (Å²) in [6.07, 6.45) is 5.31. The van der Waals surface area contributed by atoms with Gasteiger partial charge in [-0.25, -0.2) is 0 Å². The Bertz CT molecular complexity index is 439. The van der Waals surface area contributed by atoms with Gasteiger partial charge < -0.3 is 14.3 Å². The number of ether oxygens (including phenoxy) is 1. The van der Waals surface area contributed by atoms with Crippen LogP contribution in [0.25, 0.3) is 0 Å². The molecule has 5 heteroatoms. The second-order valence-electron chi connectivity index (χ2n) is 10.7. The highest BCUT2D eigenvalue weighted by molar-refractivity contribution is 6.77. The Morgan fingerprint density at radius 2 is 1.79 bits per heavy atom. The molecule has 1 aliphatic heterocycles. The molecule has 142 valence electrons. The van der Waals surface area contributed by atoms with Crippen molar-refractivity contribution in [2.24, 2.45) is 5.92 Å². The van der Waals surface area contributed by atoms with E-state index < -0.39 is 22.2 Å². The van der Waals surface area contributed by atoms with Gasteiger partial charge >= 0.3 is 0 Å². The quantitative estimate of drug-likeness (QED) is 0.658. The smallest absolute Gasteiger partial charge is 0.191 e. The number of aliphatic hydroxyl groups is 1. The molecule has 4 atom stereocenters. The van der Waals surface area contributed by atoms with Crippen molar-refractivity contribution in [3.63, 3.8) is 0 Å². The van der Waals surface area contributed by atoms with Crippen LogP contribution in [0, 0.1) is 5.92 Å². The van der Waals surface area contributed by atoms with E-state index in [0.29, 0.717) is 11.5 Å². The molecule has 3 nitrogen and oxygen atoms in total. The molecule has 1 heterocycles. The van der Waals surface area contributed by atoms with E-state index in [1.807, 2.05) is 0 Å². The van der Waals surface area contributed by atoms with E-state index in [4.69, 9.17) is 9.16 Å². The Morgan fingerprint density at radius 3 is 2.33 bits per heavy atom. The summed E-state index contributed by atoms with van der Waals surface area (Å²) < 4.78 is 12.5. The Kier molecular flexibility index (Phi) is 5.84. The van der Waals surface area contributed by atoms with E-state index >= 15 is 0 Å². The maximum atomic E-state index is 11.1. The van der Waals surface area contributed by atoms with E-state index in [-0.39, 0.29) is 11.1 Å². The molecular weight excluding hydrogens is 332 g/mol. The zero-order valence-corrected chi connectivity index (χ0v) is 19.2. The molecule has 0 amide bonds. The topological polar surface area (TPSA) is 38.7 Å². The van der Waals surface area contributed by atoms with Crippen LogP contribution in [0.5, 0.6) is 0 Å². The predicted molar refractivity (Wildman–Crippen MR) is 107 cm³/mol. The summed E-state index contributed by atoms with van der Waals surface area (Å²) in [5.41, 5.74) is 0.683. The molecule has 2 unspecified atom stereocenters. The van der Waals surface area contributed by atoms with Crippen molar-refractivity contribution < 1.29 is 14.3 Å². The molecule has 0 bridgehead atoms. The molecule has 0 spiro atoms. The zero-order chi connectivity index (χ0) is 18.4. The first kappa shape index (κ1) is 20.6. The summed E-state index contributed by atoms with van der Waals surface area (Å²) in [4.78, 5) is 0. The molecule has 1 aliphatic carbocycles. The molecule has 0 aromatic rings. The Morgan fingerprint density at radius 1 is 1.17 bits per heavy atom. The molecule has 2 rings (SSSR count). The second kappa shape index (κ2) is 6.80. The highest BCUT2D eigenvalue weighted by atomic mass is 28.4. The minimum absolute atomic E-state index is 0.168. The summed E-state index contributed by atoms with van der Waals surface area (Å²) in [6.45, 7) is 19.5. The van der Waals surface area contributed by atoms with Crippen molar-refractivity contribution in [2.75, 3.05) is 6.61 Å². The van der Waals surface area contributed by atoms with Gasteiger partial charge in [0.2, 0.25) is 0 Å². The van der Waals surface area contributed by atoms with E-state index in [0.717, 1.165) is 32.3 Å². The molecule has 1 N–H and O–H groups in total. The second-order valence-corrected chi connectivity index (χ2v) is 21.0. The SMILES string of the molecule is CC(C)(C)[Si](C)(C)OCCC1C[C@@H]2[C@@H]([Si](C)(C)C)CCCC2(O)O1. The summed E-state index contributed by atoms with van der Waals surface area (Å²) in [5, 5.41) is 11.3. The highest BCUT2D eigenvalue weighted by Gasteiger charge is 2.54. The fourth-order valence-corrected chi connectivity index (χ4v) is 8.00. The lowest BCUT2D eigenvalue weighted by Gasteiger charge is -2.44. The first-order chi connectivity index (χ1) is 10.8. The average molecular weight is 373 g/mol. The zero-order valence-electron chi connectivity index (χ0n) is 17.2. The summed E-state index contributed by atoms with van der Waals surface area (Å²) in [5.74, 6) is -0.513. The molecular formula is C19H40O3Si2. The van der Waals surface area contributed by atoms with Crippen LogP contribution < -0.4 is 0 Å². The first-order valence-corrected chi connectivity index (χ1v) is 16.3. The van der Waals surface area contributed by atoms with Gasteiger partial charge in [0, 0.05) is 27.0 Å². The predicted octanol–water partition coefficient (Wildman–Crippen LogP) is 5.38. The van der Waals surface area contributed by atoms with Crippen LogP contribution in [-0.2, 0) is 9.16 Å². The largest absolute Gasteiger partial charge is 0.417 e. The maximum absolute atomic E-state index is 11.1. The van der Waals surface area contributed by atoms with E-state index in [2.05, 4.69) is 53.5 Å². The lowest BCUT2D eigenvalue weighted by Crippen LogP contribution is -2.47. The van der Waals surface area contributed by atoms with Crippen LogP contribution in [0.2, 0.25) is 43.3 Å². The van der Waals surface area contributed by atoms with Crippen molar-refractivity contribution >= 4 is 16.4 Å². The maximum Gasteiger partial charge on any atom is 0.191 e.